The van der Waals surface area contributed by atoms with Gasteiger partial charge in [0, 0.05) is 63.1 Å². The van der Waals surface area contributed by atoms with Crippen LogP contribution < -0.4 is 15.5 Å². The van der Waals surface area contributed by atoms with E-state index in [1.54, 1.807) is 0 Å². The highest BCUT2D eigenvalue weighted by atomic mass is 35.5. The van der Waals surface area contributed by atoms with Crippen molar-refractivity contribution < 1.29 is 4.74 Å². The molecule has 7 heteroatoms. The zero-order valence-corrected chi connectivity index (χ0v) is 17.2. The molecule has 2 unspecified atom stereocenters. The zero-order valence-electron chi connectivity index (χ0n) is 16.5. The Morgan fingerprint density at radius 3 is 2.89 bits per heavy atom. The van der Waals surface area contributed by atoms with Crippen molar-refractivity contribution in [3.05, 3.63) is 29.3 Å². The van der Waals surface area contributed by atoms with E-state index in [4.69, 9.17) is 16.3 Å². The van der Waals surface area contributed by atoms with E-state index in [1.165, 1.54) is 5.69 Å². The molecular weight excluding hydrogens is 362 g/mol. The molecule has 0 saturated carbocycles. The first kappa shape index (κ1) is 20.2. The Morgan fingerprint density at radius 2 is 2.15 bits per heavy atom. The van der Waals surface area contributed by atoms with Crippen LogP contribution >= 0.6 is 11.6 Å². The number of rotatable bonds is 6. The van der Waals surface area contributed by atoms with Gasteiger partial charge in [0.15, 0.2) is 5.96 Å². The van der Waals surface area contributed by atoms with Crippen molar-refractivity contribution in [3.63, 3.8) is 0 Å². The second-order valence-electron chi connectivity index (χ2n) is 7.53. The van der Waals surface area contributed by atoms with Crippen LogP contribution in [0.4, 0.5) is 5.69 Å². The molecule has 0 spiro atoms. The predicted octanol–water partition coefficient (Wildman–Crippen LogP) is 2.05. The maximum Gasteiger partial charge on any atom is 0.191 e. The average molecular weight is 394 g/mol. The van der Waals surface area contributed by atoms with Gasteiger partial charge in [0.2, 0.25) is 0 Å². The van der Waals surface area contributed by atoms with E-state index < -0.39 is 0 Å². The van der Waals surface area contributed by atoms with Crippen LogP contribution in [-0.4, -0.2) is 76.4 Å². The number of anilines is 1. The Balaban J connectivity index is 1.41. The topological polar surface area (TPSA) is 52.1 Å². The Bertz CT molecular complexity index is 620. The summed E-state index contributed by atoms with van der Waals surface area (Å²) in [5.74, 6) is 1.45. The van der Waals surface area contributed by atoms with E-state index in [0.29, 0.717) is 12.0 Å². The van der Waals surface area contributed by atoms with Crippen LogP contribution in [0.1, 0.15) is 13.3 Å². The minimum absolute atomic E-state index is 0.393. The van der Waals surface area contributed by atoms with Gasteiger partial charge in [-0.2, -0.15) is 0 Å². The van der Waals surface area contributed by atoms with Gasteiger partial charge in [0.25, 0.3) is 0 Å². The first-order chi connectivity index (χ1) is 13.1. The molecule has 6 nitrogen and oxygen atoms in total. The first-order valence-corrected chi connectivity index (χ1v) is 10.3. The van der Waals surface area contributed by atoms with Crippen molar-refractivity contribution in [3.8, 4) is 0 Å². The molecule has 0 aromatic heterocycles. The van der Waals surface area contributed by atoms with E-state index in [2.05, 4.69) is 38.4 Å². The summed E-state index contributed by atoms with van der Waals surface area (Å²) >= 11 is 6.13. The van der Waals surface area contributed by atoms with Gasteiger partial charge in [-0.05, 0) is 30.5 Å². The van der Waals surface area contributed by atoms with Gasteiger partial charge in [-0.1, -0.05) is 24.6 Å². The van der Waals surface area contributed by atoms with Gasteiger partial charge in [0.05, 0.1) is 13.2 Å². The van der Waals surface area contributed by atoms with E-state index in [1.807, 2.05) is 25.2 Å². The van der Waals surface area contributed by atoms with Crippen molar-refractivity contribution >= 4 is 23.2 Å². The fraction of sp³-hybridized carbons (Fsp3) is 0.650. The monoisotopic (exact) mass is 393 g/mol. The Kier molecular flexibility index (Phi) is 7.61. The second-order valence-corrected chi connectivity index (χ2v) is 7.96. The number of aliphatic imine (C=N–C) groups is 1. The molecule has 2 aliphatic rings. The van der Waals surface area contributed by atoms with Crippen molar-refractivity contribution in [1.82, 2.24) is 15.5 Å². The second kappa shape index (κ2) is 10.2. The maximum absolute atomic E-state index is 6.13. The van der Waals surface area contributed by atoms with E-state index in [-0.39, 0.29) is 0 Å². The molecule has 0 radical (unpaired) electrons. The van der Waals surface area contributed by atoms with Crippen LogP contribution in [0.2, 0.25) is 5.02 Å². The van der Waals surface area contributed by atoms with Crippen LogP contribution in [0, 0.1) is 5.92 Å². The third kappa shape index (κ3) is 6.26. The van der Waals surface area contributed by atoms with Crippen molar-refractivity contribution in [1.29, 1.82) is 0 Å². The molecule has 3 rings (SSSR count). The Morgan fingerprint density at radius 1 is 1.33 bits per heavy atom. The molecule has 150 valence electrons. The summed E-state index contributed by atoms with van der Waals surface area (Å²) in [5.41, 5.74) is 1.19. The van der Waals surface area contributed by atoms with E-state index in [0.717, 1.165) is 69.9 Å². The van der Waals surface area contributed by atoms with Gasteiger partial charge in [-0.3, -0.25) is 9.89 Å². The van der Waals surface area contributed by atoms with Crippen molar-refractivity contribution in [2.45, 2.75) is 19.4 Å². The summed E-state index contributed by atoms with van der Waals surface area (Å²) in [7, 11) is 1.84. The summed E-state index contributed by atoms with van der Waals surface area (Å²) in [4.78, 5) is 9.25. The van der Waals surface area contributed by atoms with Crippen LogP contribution in [0.3, 0.4) is 0 Å². The fourth-order valence-corrected chi connectivity index (χ4v) is 3.92. The molecule has 2 N–H and O–H groups in total. The van der Waals surface area contributed by atoms with Crippen LogP contribution in [0.15, 0.2) is 29.3 Å². The minimum Gasteiger partial charge on any atom is -0.379 e. The number of hydrogen-bond acceptors (Lipinski definition) is 4. The summed E-state index contributed by atoms with van der Waals surface area (Å²) in [6.07, 6.45) is 1.09. The molecule has 1 aromatic carbocycles. The Hall–Kier alpha value is -1.50. The number of guanidine groups is 1. The lowest BCUT2D eigenvalue weighted by atomic mass is 10.1. The van der Waals surface area contributed by atoms with Gasteiger partial charge in [0.1, 0.15) is 0 Å². The number of nitrogens with one attached hydrogen (secondary N) is 2. The molecule has 2 atom stereocenters. The quantitative estimate of drug-likeness (QED) is 0.572. The number of ether oxygens (including phenoxy) is 1. The first-order valence-electron chi connectivity index (χ1n) is 9.92. The lowest BCUT2D eigenvalue weighted by Gasteiger charge is -2.29. The van der Waals surface area contributed by atoms with Crippen molar-refractivity contribution in [2.24, 2.45) is 10.9 Å². The average Bonchev–Trinajstić information content (AvgIpc) is 3.14. The highest BCUT2D eigenvalue weighted by Crippen LogP contribution is 2.23. The number of halogens is 1. The van der Waals surface area contributed by atoms with Gasteiger partial charge in [-0.15, -0.1) is 0 Å². The third-order valence-electron chi connectivity index (χ3n) is 5.22. The summed E-state index contributed by atoms with van der Waals surface area (Å²) in [5, 5.41) is 7.85. The number of morpholine rings is 1. The largest absolute Gasteiger partial charge is 0.379 e. The third-order valence-corrected chi connectivity index (χ3v) is 5.45. The smallest absolute Gasteiger partial charge is 0.191 e. The molecule has 0 bridgehead atoms. The molecule has 2 saturated heterocycles. The highest BCUT2D eigenvalue weighted by molar-refractivity contribution is 6.30. The zero-order chi connectivity index (χ0) is 19.1. The van der Waals surface area contributed by atoms with Crippen LogP contribution in [0.25, 0.3) is 0 Å². The molecule has 0 aliphatic carbocycles. The van der Waals surface area contributed by atoms with E-state index >= 15 is 0 Å². The molecule has 27 heavy (non-hydrogen) atoms. The molecule has 1 aromatic rings. The molecule has 2 fully saturated rings. The molecule has 2 aliphatic heterocycles. The number of benzene rings is 1. The van der Waals surface area contributed by atoms with Crippen molar-refractivity contribution in [2.75, 3.05) is 64.4 Å². The molecule has 2 heterocycles. The van der Waals surface area contributed by atoms with Crippen LogP contribution in [0.5, 0.6) is 0 Å². The summed E-state index contributed by atoms with van der Waals surface area (Å²) < 4.78 is 5.42. The minimum atomic E-state index is 0.393. The normalized spacial score (nSPS) is 22.7. The van der Waals surface area contributed by atoms with Gasteiger partial charge in [-0.25, -0.2) is 0 Å². The van der Waals surface area contributed by atoms with E-state index in [9.17, 15) is 0 Å². The number of hydrogen-bond donors (Lipinski definition) is 2. The highest BCUT2D eigenvalue weighted by Gasteiger charge is 2.23. The predicted molar refractivity (Wildman–Crippen MR) is 113 cm³/mol. The molecule has 0 amide bonds. The summed E-state index contributed by atoms with van der Waals surface area (Å²) in [6, 6.07) is 8.47. The maximum atomic E-state index is 6.13. The Labute approximate surface area is 167 Å². The SMILES string of the molecule is CN=C(NCC(C)CN1CCOCC1)NC1CCN(c2cccc(Cl)c2)C1. The number of nitrogens with zero attached hydrogens (tertiary/aromatic N) is 3. The van der Waals surface area contributed by atoms with Gasteiger partial charge >= 0.3 is 0 Å². The lowest BCUT2D eigenvalue weighted by Crippen LogP contribution is -2.47. The summed E-state index contributed by atoms with van der Waals surface area (Å²) in [6.45, 7) is 10.1. The molecular formula is C20H32ClN5O. The standard InChI is InChI=1S/C20H32ClN5O/c1-16(14-25-8-10-27-11-9-25)13-23-20(22-2)24-18-6-7-26(15-18)19-5-3-4-17(21)12-19/h3-5,12,16,18H,6-11,13-15H2,1-2H3,(H2,22,23,24). The fourth-order valence-electron chi connectivity index (χ4n) is 3.73. The lowest BCUT2D eigenvalue weighted by molar-refractivity contribution is 0.0320. The van der Waals surface area contributed by atoms with Crippen LogP contribution in [-0.2, 0) is 4.74 Å². The van der Waals surface area contributed by atoms with Gasteiger partial charge < -0.3 is 20.3 Å².